The largest absolute Gasteiger partial charge is 0.478 e. The van der Waals surface area contributed by atoms with Crippen LogP contribution in [0.25, 0.3) is 0 Å². The fourth-order valence-electron chi connectivity index (χ4n) is 1.31. The van der Waals surface area contributed by atoms with Crippen LogP contribution in [0.15, 0.2) is 36.3 Å². The Morgan fingerprint density at radius 1 is 1.24 bits per heavy atom. The molecular weight excluding hydrogens is 262 g/mol. The van der Waals surface area contributed by atoms with Gasteiger partial charge in [0.2, 0.25) is 0 Å². The van der Waals surface area contributed by atoms with E-state index >= 15 is 0 Å². The lowest BCUT2D eigenvalue weighted by molar-refractivity contribution is 0.353. The molecule has 3 heteroatoms. The Morgan fingerprint density at radius 2 is 1.86 bits per heavy atom. The molecule has 0 radical (unpaired) electrons. The molecule has 0 unspecified atom stereocenters. The minimum absolute atomic E-state index is 0.500. The fourth-order valence-corrected chi connectivity index (χ4v) is 1.31. The van der Waals surface area contributed by atoms with Gasteiger partial charge in [-0.15, -0.1) is 0 Å². The molecule has 1 aromatic heterocycles. The Kier molecular flexibility index (Phi) is 15.0. The minimum Gasteiger partial charge on any atom is -0.478 e. The third kappa shape index (κ3) is 8.90. The number of hydrogen-bond donors (Lipinski definition) is 0. The van der Waals surface area contributed by atoms with Gasteiger partial charge in [0.15, 0.2) is 5.75 Å². The Balaban J connectivity index is 0. The summed E-state index contributed by atoms with van der Waals surface area (Å²) < 4.78 is 10.9. The van der Waals surface area contributed by atoms with Gasteiger partial charge in [-0.25, -0.2) is 4.98 Å². The van der Waals surface area contributed by atoms with Gasteiger partial charge < -0.3 is 9.47 Å². The van der Waals surface area contributed by atoms with Crippen LogP contribution in [0.3, 0.4) is 0 Å². The number of aryl methyl sites for hydroxylation is 1. The van der Waals surface area contributed by atoms with Crippen molar-refractivity contribution in [2.75, 3.05) is 7.11 Å². The molecule has 3 nitrogen and oxygen atoms in total. The number of pyridine rings is 1. The number of aromatic nitrogens is 1. The molecule has 0 saturated carbocycles. The fraction of sp³-hybridized carbons (Fsp3) is 0.500. The van der Waals surface area contributed by atoms with Crippen LogP contribution in [0.2, 0.25) is 0 Å². The molecule has 1 heterocycles. The van der Waals surface area contributed by atoms with Gasteiger partial charge in [0.05, 0.1) is 7.11 Å². The maximum Gasteiger partial charge on any atom is 0.257 e. The third-order valence-electron chi connectivity index (χ3n) is 2.18. The highest BCUT2D eigenvalue weighted by Gasteiger charge is 2.07. The number of allylic oxidation sites excluding steroid dienone is 3. The van der Waals surface area contributed by atoms with Crippen molar-refractivity contribution in [3.05, 3.63) is 41.8 Å². The number of methoxy groups -OCH3 is 1. The lowest BCUT2D eigenvalue weighted by Crippen LogP contribution is -1.97. The Labute approximate surface area is 130 Å². The molecule has 0 fully saturated rings. The molecule has 0 saturated heterocycles. The molecule has 0 aliphatic heterocycles. The van der Waals surface area contributed by atoms with Crippen LogP contribution in [-0.2, 0) is 0 Å². The Bertz CT molecular complexity index is 423. The number of ether oxygens (including phenoxy) is 2. The van der Waals surface area contributed by atoms with E-state index in [1.165, 1.54) is 0 Å². The molecule has 21 heavy (non-hydrogen) atoms. The van der Waals surface area contributed by atoms with Crippen LogP contribution in [0.5, 0.6) is 11.6 Å². The Morgan fingerprint density at radius 3 is 2.33 bits per heavy atom. The zero-order valence-corrected chi connectivity index (χ0v) is 14.9. The van der Waals surface area contributed by atoms with E-state index in [-0.39, 0.29) is 0 Å². The minimum atomic E-state index is 0.500. The van der Waals surface area contributed by atoms with Gasteiger partial charge in [-0.1, -0.05) is 40.7 Å². The van der Waals surface area contributed by atoms with Crippen molar-refractivity contribution in [1.82, 2.24) is 4.98 Å². The SMILES string of the molecule is C/C=C(\C=C/CC)Oc1cc(C)cnc1OC.CC.CC. The number of hydrogen-bond acceptors (Lipinski definition) is 3. The van der Waals surface area contributed by atoms with Crippen molar-refractivity contribution in [3.8, 4) is 11.6 Å². The smallest absolute Gasteiger partial charge is 0.257 e. The van der Waals surface area contributed by atoms with Crippen molar-refractivity contribution in [2.24, 2.45) is 0 Å². The van der Waals surface area contributed by atoms with E-state index in [0.29, 0.717) is 11.6 Å². The van der Waals surface area contributed by atoms with E-state index in [1.807, 2.05) is 65.8 Å². The monoisotopic (exact) mass is 293 g/mol. The second-order valence-corrected chi connectivity index (χ2v) is 3.62. The lowest BCUT2D eigenvalue weighted by atomic mass is 10.3. The van der Waals surface area contributed by atoms with Crippen molar-refractivity contribution >= 4 is 0 Å². The van der Waals surface area contributed by atoms with Crippen LogP contribution in [0.1, 0.15) is 53.5 Å². The zero-order valence-electron chi connectivity index (χ0n) is 14.9. The first kappa shape index (κ1) is 21.5. The summed E-state index contributed by atoms with van der Waals surface area (Å²) in [5.74, 6) is 1.93. The Hall–Kier alpha value is -1.77. The molecule has 0 bridgehead atoms. The molecule has 120 valence electrons. The molecule has 1 rings (SSSR count). The third-order valence-corrected chi connectivity index (χ3v) is 2.18. The maximum absolute atomic E-state index is 5.76. The average molecular weight is 293 g/mol. The van der Waals surface area contributed by atoms with Crippen molar-refractivity contribution < 1.29 is 9.47 Å². The highest BCUT2D eigenvalue weighted by Crippen LogP contribution is 2.26. The summed E-state index contributed by atoms with van der Waals surface area (Å²) in [5.41, 5.74) is 1.04. The summed E-state index contributed by atoms with van der Waals surface area (Å²) in [6.07, 6.45) is 8.63. The van der Waals surface area contributed by atoms with Gasteiger partial charge in [-0.3, -0.25) is 0 Å². The van der Waals surface area contributed by atoms with Crippen molar-refractivity contribution in [1.29, 1.82) is 0 Å². The first-order chi connectivity index (χ1) is 10.2. The van der Waals surface area contributed by atoms with Crippen LogP contribution in [0, 0.1) is 6.92 Å². The second-order valence-electron chi connectivity index (χ2n) is 3.62. The molecule has 0 aliphatic carbocycles. The highest BCUT2D eigenvalue weighted by atomic mass is 16.5. The summed E-state index contributed by atoms with van der Waals surface area (Å²) >= 11 is 0. The quantitative estimate of drug-likeness (QED) is 0.515. The van der Waals surface area contributed by atoms with Gasteiger partial charge in [0, 0.05) is 6.20 Å². The molecule has 0 aromatic carbocycles. The number of rotatable bonds is 5. The molecule has 1 aromatic rings. The second kappa shape index (κ2) is 14.6. The van der Waals surface area contributed by atoms with Crippen LogP contribution in [0.4, 0.5) is 0 Å². The molecule has 0 N–H and O–H groups in total. The molecule has 0 amide bonds. The lowest BCUT2D eigenvalue weighted by Gasteiger charge is -2.10. The van der Waals surface area contributed by atoms with E-state index in [9.17, 15) is 0 Å². The van der Waals surface area contributed by atoms with Crippen LogP contribution >= 0.6 is 0 Å². The molecule has 0 atom stereocenters. The molecule has 0 aliphatic rings. The average Bonchev–Trinajstić information content (AvgIpc) is 2.55. The van der Waals surface area contributed by atoms with Gasteiger partial charge >= 0.3 is 0 Å². The summed E-state index contributed by atoms with van der Waals surface area (Å²) in [7, 11) is 1.59. The predicted molar refractivity (Wildman–Crippen MR) is 92.0 cm³/mol. The van der Waals surface area contributed by atoms with E-state index < -0.39 is 0 Å². The van der Waals surface area contributed by atoms with E-state index in [1.54, 1.807) is 13.3 Å². The van der Waals surface area contributed by atoms with E-state index in [4.69, 9.17) is 9.47 Å². The van der Waals surface area contributed by atoms with Gasteiger partial charge in [-0.05, 0) is 44.1 Å². The molecular formula is C18H31NO2. The maximum atomic E-state index is 5.76. The van der Waals surface area contributed by atoms with Crippen LogP contribution < -0.4 is 9.47 Å². The first-order valence-electron chi connectivity index (χ1n) is 7.72. The van der Waals surface area contributed by atoms with Crippen molar-refractivity contribution in [3.63, 3.8) is 0 Å². The van der Waals surface area contributed by atoms with Gasteiger partial charge in [0.25, 0.3) is 5.88 Å². The standard InChI is InChI=1S/C14H19NO2.2C2H6/c1-5-7-8-12(6-2)17-13-9-11(3)10-15-14(13)16-4;2*1-2/h6-10H,5H2,1-4H3;2*1-2H3/b8-7-,12-6+;;. The van der Waals surface area contributed by atoms with E-state index in [2.05, 4.69) is 11.9 Å². The highest BCUT2D eigenvalue weighted by molar-refractivity contribution is 5.38. The van der Waals surface area contributed by atoms with Gasteiger partial charge in [-0.2, -0.15) is 0 Å². The number of nitrogens with zero attached hydrogens (tertiary/aromatic N) is 1. The van der Waals surface area contributed by atoms with Gasteiger partial charge in [0.1, 0.15) is 5.76 Å². The van der Waals surface area contributed by atoms with E-state index in [0.717, 1.165) is 17.7 Å². The zero-order chi connectivity index (χ0) is 16.7. The van der Waals surface area contributed by atoms with Crippen molar-refractivity contribution in [2.45, 2.75) is 54.9 Å². The normalized spacial score (nSPS) is 10.2. The van der Waals surface area contributed by atoms with Crippen LogP contribution in [-0.4, -0.2) is 12.1 Å². The topological polar surface area (TPSA) is 31.4 Å². The summed E-state index contributed by atoms with van der Waals surface area (Å²) in [4.78, 5) is 4.17. The predicted octanol–water partition coefficient (Wildman–Crippen LogP) is 5.70. The summed E-state index contributed by atoms with van der Waals surface area (Å²) in [6, 6.07) is 1.91. The summed E-state index contributed by atoms with van der Waals surface area (Å²) in [6.45, 7) is 14.0. The molecule has 0 spiro atoms. The first-order valence-corrected chi connectivity index (χ1v) is 7.72. The summed E-state index contributed by atoms with van der Waals surface area (Å²) in [5, 5.41) is 0.